The summed E-state index contributed by atoms with van der Waals surface area (Å²) in [5, 5.41) is 16.6. The van der Waals surface area contributed by atoms with Crippen molar-refractivity contribution in [2.24, 2.45) is 29.6 Å². The van der Waals surface area contributed by atoms with E-state index >= 15 is 0 Å². The van der Waals surface area contributed by atoms with Crippen LogP contribution in [0.4, 0.5) is 0 Å². The molecule has 8 atom stereocenters. The predicted octanol–water partition coefficient (Wildman–Crippen LogP) is 2.52. The molecule has 2 saturated heterocycles. The molecule has 1 aromatic carbocycles. The first kappa shape index (κ1) is 50.3. The number of cyclic esters (lactones) is 1. The van der Waals surface area contributed by atoms with Crippen molar-refractivity contribution in [1.82, 2.24) is 36.8 Å². The number of fused-ring (bicyclic) bond motifs is 1. The van der Waals surface area contributed by atoms with Crippen LogP contribution in [0.25, 0.3) is 0 Å². The minimum Gasteiger partial charge on any atom is -0.458 e. The molecule has 2 fully saturated rings. The number of nitrogens with one attached hydrogen (secondary N) is 6. The van der Waals surface area contributed by atoms with Crippen molar-refractivity contribution in [3.63, 3.8) is 0 Å². The fraction of sp³-hybridized carbons (Fsp3) is 0.689. The average Bonchev–Trinajstić information content (AvgIpc) is 3.68. The summed E-state index contributed by atoms with van der Waals surface area (Å²) in [6.07, 6.45) is 1.08. The standard InChI is InChI=1S/C45H71N7O9/c1-24(2)17-15-21-33(53)47-34(25(3)4)40(55)51-38-29(11)61-45(60)37(28(9)10)50-42(57)36(27(7)8)49-41(56)35(26(5)6)48-39(54)32-20-16-22-52(32)44(59)31(46-43(38)58)23-30-18-13-12-14-19-30/h12-14,18-19,24-29,31-32,34-38H,15-17,20-23H2,1-11H3,(H,46,58)(H,47,53)(H,48,54)(H,49,56)(H,50,57)(H,51,55)/t29-,31+,32+,34+,35+,36+,37?,38+/m1/s1. The van der Waals surface area contributed by atoms with Crippen LogP contribution < -0.4 is 31.9 Å². The molecule has 0 spiro atoms. The number of ether oxygens (including phenoxy) is 1. The maximum atomic E-state index is 14.6. The van der Waals surface area contributed by atoms with Gasteiger partial charge >= 0.3 is 5.97 Å². The van der Waals surface area contributed by atoms with Gasteiger partial charge in [-0.1, -0.05) is 106 Å². The van der Waals surface area contributed by atoms with Crippen molar-refractivity contribution >= 4 is 47.3 Å². The van der Waals surface area contributed by atoms with Crippen molar-refractivity contribution in [2.75, 3.05) is 6.54 Å². The van der Waals surface area contributed by atoms with E-state index in [1.54, 1.807) is 79.7 Å². The van der Waals surface area contributed by atoms with Crippen molar-refractivity contribution in [2.45, 2.75) is 163 Å². The molecule has 16 nitrogen and oxygen atoms in total. The summed E-state index contributed by atoms with van der Waals surface area (Å²) in [4.78, 5) is 113. The zero-order chi connectivity index (χ0) is 45.7. The SMILES string of the molecule is CC(C)CCCC(=O)N[C@H](C(=O)N[C@@H]1C(=O)N[C@@H](Cc2ccccc2)C(=O)N2CCC[C@H]2C(=O)N[C@@H](C(C)C)C(=O)N[C@@H](C(C)C)C(=O)NC(C(C)C)C(=O)O[C@@H]1C)C(C)C. The molecule has 0 aliphatic carbocycles. The largest absolute Gasteiger partial charge is 0.458 e. The number of carbonyl (C=O) groups is 8. The van der Waals surface area contributed by atoms with Crippen LogP contribution >= 0.6 is 0 Å². The fourth-order valence-electron chi connectivity index (χ4n) is 7.53. The molecule has 0 radical (unpaired) electrons. The number of esters is 1. The Labute approximate surface area is 361 Å². The monoisotopic (exact) mass is 854 g/mol. The van der Waals surface area contributed by atoms with Gasteiger partial charge in [-0.15, -0.1) is 0 Å². The van der Waals surface area contributed by atoms with E-state index in [1.807, 2.05) is 6.07 Å². The zero-order valence-corrected chi connectivity index (χ0v) is 38.0. The van der Waals surface area contributed by atoms with Crippen molar-refractivity contribution in [1.29, 1.82) is 0 Å². The van der Waals surface area contributed by atoms with Gasteiger partial charge in [0.15, 0.2) is 0 Å². The molecular formula is C45H71N7O9. The fourth-order valence-corrected chi connectivity index (χ4v) is 7.53. The zero-order valence-electron chi connectivity index (χ0n) is 38.0. The maximum Gasteiger partial charge on any atom is 0.329 e. The predicted molar refractivity (Wildman–Crippen MR) is 230 cm³/mol. The Balaban J connectivity index is 2.14. The van der Waals surface area contributed by atoms with Gasteiger partial charge < -0.3 is 41.5 Å². The van der Waals surface area contributed by atoms with E-state index < -0.39 is 113 Å². The number of rotatable bonds is 13. The molecule has 7 amide bonds. The number of benzene rings is 1. The third-order valence-electron chi connectivity index (χ3n) is 11.3. The van der Waals surface area contributed by atoms with Gasteiger partial charge in [-0.2, -0.15) is 0 Å². The van der Waals surface area contributed by atoms with Crippen LogP contribution in [0.2, 0.25) is 0 Å². The summed E-state index contributed by atoms with van der Waals surface area (Å²) >= 11 is 0. The second kappa shape index (κ2) is 23.3. The van der Waals surface area contributed by atoms with Crippen LogP contribution in [0.3, 0.4) is 0 Å². The molecule has 1 unspecified atom stereocenters. The normalized spacial score (nSPS) is 25.5. The first-order valence-electron chi connectivity index (χ1n) is 22.0. The molecule has 0 aromatic heterocycles. The third-order valence-corrected chi connectivity index (χ3v) is 11.3. The molecule has 16 heteroatoms. The molecular weight excluding hydrogens is 783 g/mol. The van der Waals surface area contributed by atoms with Crippen molar-refractivity contribution in [3.05, 3.63) is 35.9 Å². The number of hydrogen-bond acceptors (Lipinski definition) is 9. The lowest BCUT2D eigenvalue weighted by Crippen LogP contribution is -2.62. The van der Waals surface area contributed by atoms with Gasteiger partial charge in [0.1, 0.15) is 48.4 Å². The highest BCUT2D eigenvalue weighted by Gasteiger charge is 2.43. The van der Waals surface area contributed by atoms with Crippen LogP contribution in [0.1, 0.15) is 114 Å². The Morgan fingerprint density at radius 3 is 1.85 bits per heavy atom. The summed E-state index contributed by atoms with van der Waals surface area (Å²) in [6, 6.07) is 0.669. The second-order valence-electron chi connectivity index (χ2n) is 18.3. The number of carbonyl (C=O) groups excluding carboxylic acids is 8. The highest BCUT2D eigenvalue weighted by atomic mass is 16.5. The van der Waals surface area contributed by atoms with Gasteiger partial charge in [-0.3, -0.25) is 33.6 Å². The summed E-state index contributed by atoms with van der Waals surface area (Å²) in [7, 11) is 0. The smallest absolute Gasteiger partial charge is 0.329 e. The Morgan fingerprint density at radius 2 is 1.31 bits per heavy atom. The molecule has 2 heterocycles. The average molecular weight is 854 g/mol. The van der Waals surface area contributed by atoms with Gasteiger partial charge in [0.2, 0.25) is 41.4 Å². The van der Waals surface area contributed by atoms with Crippen LogP contribution in [-0.4, -0.2) is 107 Å². The molecule has 340 valence electrons. The van der Waals surface area contributed by atoms with Gasteiger partial charge in [0.05, 0.1) is 0 Å². The van der Waals surface area contributed by atoms with Crippen LogP contribution in [0.15, 0.2) is 30.3 Å². The van der Waals surface area contributed by atoms with E-state index in [0.717, 1.165) is 6.42 Å². The molecule has 2 aliphatic heterocycles. The summed E-state index contributed by atoms with van der Waals surface area (Å²) in [6.45, 7) is 19.6. The first-order valence-corrected chi connectivity index (χ1v) is 22.0. The first-order chi connectivity index (χ1) is 28.6. The van der Waals surface area contributed by atoms with Gasteiger partial charge in [0, 0.05) is 19.4 Å². The Hall–Kier alpha value is -5.02. The van der Waals surface area contributed by atoms with Gasteiger partial charge in [0.25, 0.3) is 0 Å². The topological polar surface area (TPSA) is 221 Å². The Kier molecular flexibility index (Phi) is 19.2. The second-order valence-corrected chi connectivity index (χ2v) is 18.3. The molecule has 1 aromatic rings. The van der Waals surface area contributed by atoms with Crippen LogP contribution in [0, 0.1) is 29.6 Å². The van der Waals surface area contributed by atoms with E-state index in [4.69, 9.17) is 4.74 Å². The van der Waals surface area contributed by atoms with E-state index in [0.29, 0.717) is 30.7 Å². The summed E-state index contributed by atoms with van der Waals surface area (Å²) < 4.78 is 5.89. The van der Waals surface area contributed by atoms with Gasteiger partial charge in [-0.25, -0.2) is 4.79 Å². The third kappa shape index (κ3) is 14.6. The molecule has 0 bridgehead atoms. The van der Waals surface area contributed by atoms with E-state index in [-0.39, 0.29) is 25.3 Å². The number of amides is 7. The number of nitrogens with zero attached hydrogens (tertiary/aromatic N) is 1. The molecule has 0 saturated carbocycles. The lowest BCUT2D eigenvalue weighted by molar-refractivity contribution is -0.157. The van der Waals surface area contributed by atoms with Gasteiger partial charge in [-0.05, 0) is 61.3 Å². The summed E-state index contributed by atoms with van der Waals surface area (Å²) in [5.41, 5.74) is 0.701. The van der Waals surface area contributed by atoms with E-state index in [2.05, 4.69) is 45.7 Å². The van der Waals surface area contributed by atoms with E-state index in [1.165, 1.54) is 11.8 Å². The van der Waals surface area contributed by atoms with Crippen molar-refractivity contribution in [3.8, 4) is 0 Å². The highest BCUT2D eigenvalue weighted by Crippen LogP contribution is 2.22. The number of hydrogen-bond donors (Lipinski definition) is 6. The molecule has 3 rings (SSSR count). The van der Waals surface area contributed by atoms with Crippen molar-refractivity contribution < 1.29 is 43.1 Å². The summed E-state index contributed by atoms with van der Waals surface area (Å²) in [5.74, 6) is -6.58. The lowest BCUT2D eigenvalue weighted by Gasteiger charge is -2.32. The van der Waals surface area contributed by atoms with E-state index in [9.17, 15) is 38.4 Å². The molecule has 61 heavy (non-hydrogen) atoms. The maximum absolute atomic E-state index is 14.6. The Bertz CT molecular complexity index is 1700. The molecule has 2 aliphatic rings. The quantitative estimate of drug-likeness (QED) is 0.160. The minimum atomic E-state index is -1.58. The minimum absolute atomic E-state index is 0.0151. The van der Waals surface area contributed by atoms with Crippen LogP contribution in [0.5, 0.6) is 0 Å². The lowest BCUT2D eigenvalue weighted by atomic mass is 9.98. The Morgan fingerprint density at radius 1 is 0.754 bits per heavy atom. The van der Waals surface area contributed by atoms with Crippen LogP contribution in [-0.2, 0) is 49.5 Å². The molecule has 6 N–H and O–H groups in total. The highest BCUT2D eigenvalue weighted by molar-refractivity contribution is 5.98.